The number of hydrogen-bond donors (Lipinski definition) is 2. The predicted molar refractivity (Wildman–Crippen MR) is 104 cm³/mol. The Kier molecular flexibility index (Phi) is 5.29. The van der Waals surface area contributed by atoms with Gasteiger partial charge in [-0.25, -0.2) is 8.42 Å². The summed E-state index contributed by atoms with van der Waals surface area (Å²) in [5.74, 6) is 0. The predicted octanol–water partition coefficient (Wildman–Crippen LogP) is 3.69. The molecule has 0 spiro atoms. The van der Waals surface area contributed by atoms with Crippen LogP contribution in [0.1, 0.15) is 11.1 Å². The van der Waals surface area contributed by atoms with Crippen molar-refractivity contribution in [2.45, 2.75) is 21.5 Å². The molecule has 2 unspecified atom stereocenters. The third-order valence-electron chi connectivity index (χ3n) is 4.94. The monoisotopic (exact) mass is 420 g/mol. The van der Waals surface area contributed by atoms with Gasteiger partial charge in [0.25, 0.3) is 0 Å². The third-order valence-corrected chi connectivity index (χ3v) is 7.24. The molecule has 3 rings (SSSR count). The van der Waals surface area contributed by atoms with E-state index in [1.54, 1.807) is 12.1 Å². The second-order valence-corrected chi connectivity index (χ2v) is 8.71. The van der Waals surface area contributed by atoms with Crippen LogP contribution in [0.15, 0.2) is 95.9 Å². The highest BCUT2D eigenvalue weighted by molar-refractivity contribution is 7.92. The lowest BCUT2D eigenvalue weighted by Gasteiger charge is -2.46. The van der Waals surface area contributed by atoms with E-state index in [2.05, 4.69) is 0 Å². The van der Waals surface area contributed by atoms with E-state index < -0.39 is 32.0 Å². The fraction of sp³-hybridized carbons (Fsp3) is 0.143. The van der Waals surface area contributed by atoms with E-state index in [9.17, 15) is 21.6 Å². The molecule has 0 aromatic heterocycles. The molecular weight excluding hydrogens is 401 g/mol. The molecule has 0 heterocycles. The van der Waals surface area contributed by atoms with E-state index in [1.165, 1.54) is 66.7 Å². The van der Waals surface area contributed by atoms with E-state index in [0.717, 1.165) is 12.1 Å². The number of benzene rings is 3. The molecule has 0 bridgehead atoms. The van der Waals surface area contributed by atoms with Crippen LogP contribution in [-0.2, 0) is 20.2 Å². The van der Waals surface area contributed by atoms with Gasteiger partial charge in [-0.3, -0.25) is 0 Å². The first kappa shape index (κ1) is 21.0. The molecule has 0 aliphatic rings. The SMILES string of the molecule is NC(c1ccccc1)(C(F)(F)F)C(N)(c1ccccc1)S(=O)(=O)c1ccccc1. The Bertz CT molecular complexity index is 1080. The number of rotatable bonds is 5. The summed E-state index contributed by atoms with van der Waals surface area (Å²) in [5.41, 5.74) is 8.13. The Hall–Kier alpha value is -2.68. The Morgan fingerprint density at radius 2 is 1.00 bits per heavy atom. The van der Waals surface area contributed by atoms with Gasteiger partial charge < -0.3 is 11.5 Å². The minimum Gasteiger partial charge on any atom is -0.311 e. The van der Waals surface area contributed by atoms with Crippen LogP contribution < -0.4 is 11.5 Å². The lowest BCUT2D eigenvalue weighted by Crippen LogP contribution is -2.71. The summed E-state index contributed by atoms with van der Waals surface area (Å²) in [6.45, 7) is 0. The minimum atomic E-state index is -5.19. The summed E-state index contributed by atoms with van der Waals surface area (Å²) in [7, 11) is -4.81. The summed E-state index contributed by atoms with van der Waals surface area (Å²) in [5, 5.41) is 0. The Balaban J connectivity index is 2.46. The molecule has 3 aromatic rings. The van der Waals surface area contributed by atoms with Crippen LogP contribution in [0.4, 0.5) is 13.2 Å². The van der Waals surface area contributed by atoms with Crippen molar-refractivity contribution < 1.29 is 21.6 Å². The Morgan fingerprint density at radius 3 is 1.41 bits per heavy atom. The topological polar surface area (TPSA) is 86.2 Å². The van der Waals surface area contributed by atoms with Gasteiger partial charge in [0, 0.05) is 0 Å². The number of nitrogens with two attached hydrogens (primary N) is 2. The van der Waals surface area contributed by atoms with Crippen molar-refractivity contribution in [1.82, 2.24) is 0 Å². The van der Waals surface area contributed by atoms with Crippen molar-refractivity contribution in [2.75, 3.05) is 0 Å². The molecule has 4 nitrogen and oxygen atoms in total. The molecule has 8 heteroatoms. The zero-order chi connectivity index (χ0) is 21.3. The Morgan fingerprint density at radius 1 is 0.621 bits per heavy atom. The van der Waals surface area contributed by atoms with Crippen molar-refractivity contribution in [3.8, 4) is 0 Å². The highest BCUT2D eigenvalue weighted by Gasteiger charge is 2.70. The Labute approximate surface area is 166 Å². The van der Waals surface area contributed by atoms with Gasteiger partial charge in [0.2, 0.25) is 9.84 Å². The van der Waals surface area contributed by atoms with Crippen LogP contribution in [0.5, 0.6) is 0 Å². The van der Waals surface area contributed by atoms with Crippen LogP contribution in [0.3, 0.4) is 0 Å². The normalized spacial score (nSPS) is 16.6. The fourth-order valence-electron chi connectivity index (χ4n) is 3.36. The maximum Gasteiger partial charge on any atom is 0.413 e. The number of alkyl halides is 3. The zero-order valence-corrected chi connectivity index (χ0v) is 16.0. The van der Waals surface area contributed by atoms with Crippen LogP contribution in [0.2, 0.25) is 0 Å². The maximum atomic E-state index is 14.5. The lowest BCUT2D eigenvalue weighted by molar-refractivity contribution is -0.202. The minimum absolute atomic E-state index is 0.271. The highest BCUT2D eigenvalue weighted by Crippen LogP contribution is 2.52. The van der Waals surface area contributed by atoms with Crippen molar-refractivity contribution in [3.63, 3.8) is 0 Å². The summed E-state index contributed by atoms with van der Waals surface area (Å²) < 4.78 is 70.9. The first-order valence-corrected chi connectivity index (χ1v) is 10.1. The molecule has 0 fully saturated rings. The summed E-state index contributed by atoms with van der Waals surface area (Å²) in [6, 6.07) is 20.1. The van der Waals surface area contributed by atoms with Gasteiger partial charge in [-0.2, -0.15) is 13.2 Å². The van der Waals surface area contributed by atoms with E-state index >= 15 is 0 Å². The molecular formula is C21H19F3N2O2S. The number of hydrogen-bond acceptors (Lipinski definition) is 4. The summed E-state index contributed by atoms with van der Waals surface area (Å²) in [4.78, 5) is -3.40. The zero-order valence-electron chi connectivity index (χ0n) is 15.2. The summed E-state index contributed by atoms with van der Waals surface area (Å²) >= 11 is 0. The molecule has 0 amide bonds. The molecule has 3 aromatic carbocycles. The van der Waals surface area contributed by atoms with Crippen molar-refractivity contribution >= 4 is 9.84 Å². The van der Waals surface area contributed by atoms with E-state index in [-0.39, 0.29) is 10.5 Å². The molecule has 0 aliphatic carbocycles. The largest absolute Gasteiger partial charge is 0.413 e. The van der Waals surface area contributed by atoms with Crippen molar-refractivity contribution in [3.05, 3.63) is 102 Å². The number of halogens is 3. The maximum absolute atomic E-state index is 14.5. The van der Waals surface area contributed by atoms with Gasteiger partial charge in [0.05, 0.1) is 4.90 Å². The second kappa shape index (κ2) is 7.29. The molecule has 152 valence electrons. The standard InChI is InChI=1S/C21H19F3N2O2S/c22-21(23,24)19(25,16-10-4-1-5-11-16)20(26,17-12-6-2-7-13-17)29(27,28)18-14-8-3-9-15-18/h1-15H,25-26H2. The van der Waals surface area contributed by atoms with Crippen LogP contribution in [0.25, 0.3) is 0 Å². The van der Waals surface area contributed by atoms with Gasteiger partial charge in [0.1, 0.15) is 0 Å². The van der Waals surface area contributed by atoms with E-state index in [4.69, 9.17) is 11.5 Å². The smallest absolute Gasteiger partial charge is 0.311 e. The first-order valence-electron chi connectivity index (χ1n) is 8.62. The average Bonchev–Trinajstić information content (AvgIpc) is 2.73. The van der Waals surface area contributed by atoms with Gasteiger partial charge >= 0.3 is 6.18 Å². The van der Waals surface area contributed by atoms with Gasteiger partial charge in [0.15, 0.2) is 10.4 Å². The molecule has 0 radical (unpaired) electrons. The highest BCUT2D eigenvalue weighted by atomic mass is 32.2. The fourth-order valence-corrected chi connectivity index (χ4v) is 5.35. The molecule has 29 heavy (non-hydrogen) atoms. The van der Waals surface area contributed by atoms with Crippen LogP contribution in [-0.4, -0.2) is 14.6 Å². The quantitative estimate of drug-likeness (QED) is 0.659. The van der Waals surface area contributed by atoms with E-state index in [0.29, 0.717) is 0 Å². The molecule has 0 saturated heterocycles. The van der Waals surface area contributed by atoms with E-state index in [1.807, 2.05) is 0 Å². The van der Waals surface area contributed by atoms with Gasteiger partial charge in [-0.15, -0.1) is 0 Å². The average molecular weight is 420 g/mol. The lowest BCUT2D eigenvalue weighted by atomic mass is 9.79. The molecule has 4 N–H and O–H groups in total. The van der Waals surface area contributed by atoms with Gasteiger partial charge in [-0.1, -0.05) is 78.9 Å². The van der Waals surface area contributed by atoms with Crippen molar-refractivity contribution in [2.24, 2.45) is 11.5 Å². The molecule has 2 atom stereocenters. The molecule has 0 aliphatic heterocycles. The second-order valence-electron chi connectivity index (χ2n) is 6.59. The van der Waals surface area contributed by atoms with Crippen LogP contribution in [0, 0.1) is 0 Å². The number of sulfone groups is 1. The van der Waals surface area contributed by atoms with Gasteiger partial charge in [-0.05, 0) is 23.3 Å². The summed E-state index contributed by atoms with van der Waals surface area (Å²) in [6.07, 6.45) is -5.19. The molecule has 0 saturated carbocycles. The van der Waals surface area contributed by atoms with Crippen molar-refractivity contribution in [1.29, 1.82) is 0 Å². The third kappa shape index (κ3) is 3.13. The van der Waals surface area contributed by atoms with Crippen LogP contribution >= 0.6 is 0 Å². The first-order chi connectivity index (χ1) is 13.6.